The molecule has 2 aromatic rings. The number of aliphatic hydroxyl groups is 1. The van der Waals surface area contributed by atoms with E-state index in [1.54, 1.807) is 19.2 Å². The van der Waals surface area contributed by atoms with E-state index in [2.05, 4.69) is 5.32 Å². The van der Waals surface area contributed by atoms with Crippen LogP contribution in [0.15, 0.2) is 24.3 Å². The Bertz CT molecular complexity index is 1080. The number of hydrogen-bond acceptors (Lipinski definition) is 5. The van der Waals surface area contributed by atoms with Crippen LogP contribution in [0.5, 0.6) is 5.75 Å². The molecule has 2 aromatic carbocycles. The second-order valence-corrected chi connectivity index (χ2v) is 9.10. The normalized spacial score (nSPS) is 19.5. The number of carbonyl (C=O) groups excluding carboxylic acids is 2. The Hall–Kier alpha value is -2.77. The number of aliphatic hydroxyl groups excluding tert-OH is 1. The molecule has 1 fully saturated rings. The van der Waals surface area contributed by atoms with Crippen molar-refractivity contribution in [2.45, 2.75) is 64.0 Å². The third kappa shape index (κ3) is 5.00. The fraction of sp³-hybridized carbons (Fsp3) is 0.481. The minimum atomic E-state index is -0.755. The van der Waals surface area contributed by atoms with E-state index < -0.39 is 11.9 Å². The zero-order chi connectivity index (χ0) is 24.2. The van der Waals surface area contributed by atoms with Gasteiger partial charge in [0, 0.05) is 13.0 Å². The topological polar surface area (TPSA) is 84.9 Å². The lowest BCUT2D eigenvalue weighted by Gasteiger charge is -2.29. The third-order valence-corrected chi connectivity index (χ3v) is 6.74. The molecule has 0 aromatic heterocycles. The average Bonchev–Trinajstić information content (AvgIpc) is 3.31. The van der Waals surface area contributed by atoms with E-state index in [1.807, 2.05) is 13.0 Å². The van der Waals surface area contributed by atoms with Gasteiger partial charge in [0.1, 0.15) is 11.6 Å². The van der Waals surface area contributed by atoms with E-state index in [0.717, 1.165) is 41.5 Å². The van der Waals surface area contributed by atoms with Gasteiger partial charge in [0.15, 0.2) is 5.78 Å². The van der Waals surface area contributed by atoms with E-state index in [9.17, 15) is 19.1 Å². The molecular weight excluding hydrogens is 437 g/mol. The Kier molecular flexibility index (Phi) is 7.63. The average molecular weight is 470 g/mol. The van der Waals surface area contributed by atoms with E-state index in [0.29, 0.717) is 43.6 Å². The molecule has 182 valence electrons. The van der Waals surface area contributed by atoms with Gasteiger partial charge >= 0.3 is 0 Å². The predicted molar refractivity (Wildman–Crippen MR) is 126 cm³/mol. The maximum absolute atomic E-state index is 14.7. The van der Waals surface area contributed by atoms with Crippen LogP contribution >= 0.6 is 0 Å². The van der Waals surface area contributed by atoms with Crippen LogP contribution in [0, 0.1) is 5.82 Å². The Balaban J connectivity index is 1.64. The van der Waals surface area contributed by atoms with Crippen molar-refractivity contribution < 1.29 is 28.6 Å². The molecule has 0 bridgehead atoms. The molecule has 1 aliphatic carbocycles. The summed E-state index contributed by atoms with van der Waals surface area (Å²) in [7, 11) is 1.56. The van der Waals surface area contributed by atoms with Gasteiger partial charge in [-0.25, -0.2) is 4.39 Å². The first kappa shape index (κ1) is 24.4. The maximum atomic E-state index is 14.7. The molecule has 4 rings (SSSR count). The lowest BCUT2D eigenvalue weighted by molar-refractivity contribution is -0.0261. The molecule has 0 spiro atoms. The fourth-order valence-corrected chi connectivity index (χ4v) is 5.01. The van der Waals surface area contributed by atoms with Crippen molar-refractivity contribution in [3.05, 3.63) is 63.5 Å². The first-order valence-electron chi connectivity index (χ1n) is 12.0. The molecule has 0 unspecified atom stereocenters. The van der Waals surface area contributed by atoms with Crippen LogP contribution in [0.3, 0.4) is 0 Å². The Morgan fingerprint density at radius 3 is 2.71 bits per heavy atom. The second kappa shape index (κ2) is 10.7. The highest BCUT2D eigenvalue weighted by Crippen LogP contribution is 2.37. The highest BCUT2D eigenvalue weighted by atomic mass is 19.1. The smallest absolute Gasteiger partial charge is 0.255 e. The Morgan fingerprint density at radius 2 is 2.00 bits per heavy atom. The summed E-state index contributed by atoms with van der Waals surface area (Å²) < 4.78 is 25.6. The molecule has 0 saturated carbocycles. The van der Waals surface area contributed by atoms with Crippen molar-refractivity contribution in [3.8, 4) is 5.75 Å². The number of carbonyl (C=O) groups is 2. The Labute approximate surface area is 199 Å². The van der Waals surface area contributed by atoms with Gasteiger partial charge in [0.25, 0.3) is 5.91 Å². The summed E-state index contributed by atoms with van der Waals surface area (Å²) in [5.74, 6) is -0.425. The van der Waals surface area contributed by atoms with Crippen molar-refractivity contribution in [3.63, 3.8) is 0 Å². The van der Waals surface area contributed by atoms with Crippen LogP contribution < -0.4 is 10.1 Å². The number of methoxy groups -OCH3 is 1. The molecule has 7 heteroatoms. The number of halogens is 1. The van der Waals surface area contributed by atoms with Crippen molar-refractivity contribution in [1.29, 1.82) is 0 Å². The van der Waals surface area contributed by atoms with Gasteiger partial charge in [-0.05, 0) is 79.0 Å². The Morgan fingerprint density at radius 1 is 1.21 bits per heavy atom. The molecule has 6 nitrogen and oxygen atoms in total. The van der Waals surface area contributed by atoms with Crippen molar-refractivity contribution >= 4 is 11.7 Å². The quantitative estimate of drug-likeness (QED) is 0.575. The first-order valence-corrected chi connectivity index (χ1v) is 12.0. The van der Waals surface area contributed by atoms with Crippen LogP contribution in [-0.2, 0) is 24.0 Å². The van der Waals surface area contributed by atoms with Crippen LogP contribution in [0.4, 0.5) is 4.39 Å². The molecule has 2 aliphatic rings. The van der Waals surface area contributed by atoms with Crippen LogP contribution in [-0.4, -0.2) is 49.3 Å². The molecule has 34 heavy (non-hydrogen) atoms. The van der Waals surface area contributed by atoms with E-state index >= 15 is 0 Å². The largest absolute Gasteiger partial charge is 0.496 e. The first-order chi connectivity index (χ1) is 16.4. The second-order valence-electron chi connectivity index (χ2n) is 9.10. The summed E-state index contributed by atoms with van der Waals surface area (Å²) in [6, 6.07) is 6.22. The van der Waals surface area contributed by atoms with Crippen LogP contribution in [0.25, 0.3) is 0 Å². The minimum absolute atomic E-state index is 0.126. The molecule has 2 atom stereocenters. The monoisotopic (exact) mass is 469 g/mol. The number of fused-ring (bicyclic) bond motifs is 1. The molecule has 0 radical (unpaired) electrons. The summed E-state index contributed by atoms with van der Waals surface area (Å²) in [4.78, 5) is 25.4. The fourth-order valence-electron chi connectivity index (χ4n) is 5.01. The van der Waals surface area contributed by atoms with Crippen molar-refractivity contribution in [2.24, 2.45) is 0 Å². The number of ether oxygens (including phenoxy) is 2. The van der Waals surface area contributed by atoms with Gasteiger partial charge in [-0.15, -0.1) is 0 Å². The standard InChI is InChI=1S/C27H32FNO5/c1-3-5-24(30)20-9-8-16(13-22(20)28)12-17-14-21(26(33-2)19-7-4-6-18(17)19)27(32)29-23-10-11-34-15-25(23)31/h8-9,13-14,23,25,31H,3-7,10-12,15H2,1-2H3,(H,29,32)/t23-,25-/m0/s1. The van der Waals surface area contributed by atoms with E-state index in [1.165, 1.54) is 6.07 Å². The molecule has 1 aliphatic heterocycles. The highest BCUT2D eigenvalue weighted by molar-refractivity contribution is 5.98. The number of benzene rings is 2. The minimum Gasteiger partial charge on any atom is -0.496 e. The zero-order valence-electron chi connectivity index (χ0n) is 19.8. The van der Waals surface area contributed by atoms with Crippen molar-refractivity contribution in [2.75, 3.05) is 20.3 Å². The summed E-state index contributed by atoms with van der Waals surface area (Å²) in [5, 5.41) is 13.1. The predicted octanol–water partition coefficient (Wildman–Crippen LogP) is 3.78. The molecule has 1 heterocycles. The molecule has 2 N–H and O–H groups in total. The number of rotatable bonds is 8. The maximum Gasteiger partial charge on any atom is 0.255 e. The van der Waals surface area contributed by atoms with Gasteiger partial charge in [0.05, 0.1) is 37.0 Å². The number of Topliss-reactive ketones (excluding diaryl/α,β-unsaturated/α-hetero) is 1. The van der Waals surface area contributed by atoms with Gasteiger partial charge in [-0.3, -0.25) is 9.59 Å². The lowest BCUT2D eigenvalue weighted by atomic mass is 9.92. The summed E-state index contributed by atoms with van der Waals surface area (Å²) >= 11 is 0. The highest BCUT2D eigenvalue weighted by Gasteiger charge is 2.29. The van der Waals surface area contributed by atoms with Gasteiger partial charge in [0.2, 0.25) is 0 Å². The lowest BCUT2D eigenvalue weighted by Crippen LogP contribution is -2.48. The van der Waals surface area contributed by atoms with Gasteiger partial charge in [-0.1, -0.05) is 13.0 Å². The van der Waals surface area contributed by atoms with Crippen LogP contribution in [0.1, 0.15) is 75.6 Å². The molecule has 1 amide bonds. The van der Waals surface area contributed by atoms with Crippen LogP contribution in [0.2, 0.25) is 0 Å². The number of amides is 1. The summed E-state index contributed by atoms with van der Waals surface area (Å²) in [6.07, 6.45) is 3.87. The molecule has 1 saturated heterocycles. The van der Waals surface area contributed by atoms with E-state index in [-0.39, 0.29) is 29.9 Å². The molecular formula is C27H32FNO5. The third-order valence-electron chi connectivity index (χ3n) is 6.74. The van der Waals surface area contributed by atoms with Crippen molar-refractivity contribution in [1.82, 2.24) is 5.32 Å². The van der Waals surface area contributed by atoms with Gasteiger partial charge in [-0.2, -0.15) is 0 Å². The number of hydrogen-bond donors (Lipinski definition) is 2. The van der Waals surface area contributed by atoms with Gasteiger partial charge < -0.3 is 19.9 Å². The number of ketones is 1. The summed E-state index contributed by atoms with van der Waals surface area (Å²) in [5.41, 5.74) is 4.42. The summed E-state index contributed by atoms with van der Waals surface area (Å²) in [6.45, 7) is 2.57. The van der Waals surface area contributed by atoms with E-state index in [4.69, 9.17) is 9.47 Å². The SMILES string of the molecule is CCCC(=O)c1ccc(Cc2cc(C(=O)N[C@H]3CCOC[C@@H]3O)c(OC)c3c2CCC3)cc1F. The zero-order valence-corrected chi connectivity index (χ0v) is 19.8. The number of nitrogens with one attached hydrogen (secondary N) is 1.